The van der Waals surface area contributed by atoms with Gasteiger partial charge in [-0.25, -0.2) is 0 Å². The predicted molar refractivity (Wildman–Crippen MR) is 74.1 cm³/mol. The minimum Gasteiger partial charge on any atom is -0.386 e. The molecular formula is C15H15N3O. The number of hydrogen-bond acceptors (Lipinski definition) is 3. The van der Waals surface area contributed by atoms with Gasteiger partial charge < -0.3 is 5.11 Å². The third-order valence-corrected chi connectivity index (χ3v) is 3.09. The molecule has 2 aromatic carbocycles. The van der Waals surface area contributed by atoms with E-state index in [-0.39, 0.29) is 0 Å². The highest BCUT2D eigenvalue weighted by molar-refractivity contribution is 5.73. The van der Waals surface area contributed by atoms with E-state index in [1.54, 1.807) is 18.6 Å². The fourth-order valence-electron chi connectivity index (χ4n) is 1.98. The van der Waals surface area contributed by atoms with Crippen LogP contribution < -0.4 is 0 Å². The molecule has 0 saturated heterocycles. The van der Waals surface area contributed by atoms with Gasteiger partial charge in [-0.2, -0.15) is 4.80 Å². The van der Waals surface area contributed by atoms with Crippen molar-refractivity contribution in [3.05, 3.63) is 54.1 Å². The van der Waals surface area contributed by atoms with Gasteiger partial charge in [-0.1, -0.05) is 24.3 Å². The topological polar surface area (TPSA) is 50.9 Å². The Bertz CT molecular complexity index is 675. The van der Waals surface area contributed by atoms with Crippen LogP contribution in [0.25, 0.3) is 16.7 Å². The Morgan fingerprint density at radius 2 is 1.42 bits per heavy atom. The lowest BCUT2D eigenvalue weighted by molar-refractivity contribution is 0.0786. The molecule has 0 saturated carbocycles. The van der Waals surface area contributed by atoms with E-state index in [0.29, 0.717) is 0 Å². The van der Waals surface area contributed by atoms with Crippen molar-refractivity contribution in [2.75, 3.05) is 0 Å². The van der Waals surface area contributed by atoms with Crippen LogP contribution in [0.4, 0.5) is 0 Å². The van der Waals surface area contributed by atoms with Crippen LogP contribution in [0.1, 0.15) is 19.4 Å². The van der Waals surface area contributed by atoms with Crippen molar-refractivity contribution < 1.29 is 5.11 Å². The molecule has 0 spiro atoms. The molecule has 1 aromatic heterocycles. The van der Waals surface area contributed by atoms with E-state index >= 15 is 0 Å². The summed E-state index contributed by atoms with van der Waals surface area (Å²) in [5, 5.41) is 18.8. The Hall–Kier alpha value is -2.20. The quantitative estimate of drug-likeness (QED) is 0.764. The van der Waals surface area contributed by atoms with E-state index in [2.05, 4.69) is 10.2 Å². The first-order chi connectivity index (χ1) is 9.04. The van der Waals surface area contributed by atoms with Crippen LogP contribution in [-0.4, -0.2) is 20.1 Å². The largest absolute Gasteiger partial charge is 0.386 e. The molecule has 0 unspecified atom stereocenters. The number of benzene rings is 2. The normalized spacial score (nSPS) is 11.9. The molecule has 0 radical (unpaired) electrons. The molecule has 3 rings (SSSR count). The molecule has 0 aliphatic heterocycles. The maximum atomic E-state index is 9.93. The van der Waals surface area contributed by atoms with Crippen LogP contribution in [0.2, 0.25) is 0 Å². The molecule has 3 aromatic rings. The summed E-state index contributed by atoms with van der Waals surface area (Å²) < 4.78 is 0. The maximum Gasteiger partial charge on any atom is 0.113 e. The summed E-state index contributed by atoms with van der Waals surface area (Å²) >= 11 is 0. The highest BCUT2D eigenvalue weighted by atomic mass is 16.3. The summed E-state index contributed by atoms with van der Waals surface area (Å²) in [7, 11) is 0. The summed E-state index contributed by atoms with van der Waals surface area (Å²) in [5.74, 6) is 0. The summed E-state index contributed by atoms with van der Waals surface area (Å²) in [5.41, 5.74) is 2.65. The van der Waals surface area contributed by atoms with Gasteiger partial charge in [-0.15, -0.1) is 10.2 Å². The summed E-state index contributed by atoms with van der Waals surface area (Å²) in [4.78, 5) is 1.61. The lowest BCUT2D eigenvalue weighted by Gasteiger charge is -2.17. The van der Waals surface area contributed by atoms with Gasteiger partial charge in [-0.05, 0) is 43.7 Å². The van der Waals surface area contributed by atoms with Crippen molar-refractivity contribution in [2.24, 2.45) is 0 Å². The maximum absolute atomic E-state index is 9.93. The zero-order valence-corrected chi connectivity index (χ0v) is 10.9. The second kappa shape index (κ2) is 4.17. The van der Waals surface area contributed by atoms with Crippen LogP contribution in [0.5, 0.6) is 0 Å². The molecule has 0 atom stereocenters. The second-order valence-corrected chi connectivity index (χ2v) is 5.08. The monoisotopic (exact) mass is 253 g/mol. The fourth-order valence-corrected chi connectivity index (χ4v) is 1.98. The van der Waals surface area contributed by atoms with Crippen molar-refractivity contribution in [1.82, 2.24) is 15.0 Å². The van der Waals surface area contributed by atoms with Crippen molar-refractivity contribution in [3.63, 3.8) is 0 Å². The third kappa shape index (κ3) is 2.22. The molecular weight excluding hydrogens is 238 g/mol. The van der Waals surface area contributed by atoms with Gasteiger partial charge in [0, 0.05) is 0 Å². The van der Waals surface area contributed by atoms with E-state index in [1.165, 1.54) is 0 Å². The lowest BCUT2D eigenvalue weighted by Crippen LogP contribution is -2.15. The van der Waals surface area contributed by atoms with Gasteiger partial charge in [-0.3, -0.25) is 0 Å². The number of nitrogens with zero attached hydrogens (tertiary/aromatic N) is 3. The Kier molecular flexibility index (Phi) is 2.61. The minimum atomic E-state index is -0.833. The van der Waals surface area contributed by atoms with E-state index in [1.807, 2.05) is 48.5 Å². The summed E-state index contributed by atoms with van der Waals surface area (Å²) in [6, 6.07) is 15.4. The Morgan fingerprint density at radius 1 is 0.895 bits per heavy atom. The predicted octanol–water partition coefficient (Wildman–Crippen LogP) is 2.65. The molecule has 4 nitrogen and oxygen atoms in total. The van der Waals surface area contributed by atoms with Gasteiger partial charge in [0.05, 0.1) is 11.3 Å². The van der Waals surface area contributed by atoms with Crippen molar-refractivity contribution in [1.29, 1.82) is 0 Å². The van der Waals surface area contributed by atoms with E-state index in [4.69, 9.17) is 0 Å². The number of aliphatic hydroxyl groups is 1. The van der Waals surface area contributed by atoms with Gasteiger partial charge in [0.25, 0.3) is 0 Å². The molecule has 0 aliphatic rings. The standard InChI is InChI=1S/C15H15N3O/c1-15(2,19)11-7-9-12(10-8-11)18-16-13-5-3-4-6-14(13)17-18/h3-10,19H,1-2H3. The van der Waals surface area contributed by atoms with Crippen LogP contribution in [-0.2, 0) is 5.60 Å². The molecule has 96 valence electrons. The molecule has 19 heavy (non-hydrogen) atoms. The summed E-state index contributed by atoms with van der Waals surface area (Å²) in [6.45, 7) is 3.53. The minimum absolute atomic E-state index is 0.833. The first-order valence-electron chi connectivity index (χ1n) is 6.19. The highest BCUT2D eigenvalue weighted by Gasteiger charge is 2.15. The Balaban J connectivity index is 2.02. The van der Waals surface area contributed by atoms with E-state index in [0.717, 1.165) is 22.3 Å². The molecule has 0 fully saturated rings. The first-order valence-corrected chi connectivity index (χ1v) is 6.19. The molecule has 0 aliphatic carbocycles. The number of fused-ring (bicyclic) bond motifs is 1. The highest BCUT2D eigenvalue weighted by Crippen LogP contribution is 2.21. The fraction of sp³-hybridized carbons (Fsp3) is 0.200. The number of rotatable bonds is 2. The van der Waals surface area contributed by atoms with Crippen LogP contribution >= 0.6 is 0 Å². The van der Waals surface area contributed by atoms with Gasteiger partial charge >= 0.3 is 0 Å². The molecule has 0 bridgehead atoms. The van der Waals surface area contributed by atoms with Gasteiger partial charge in [0.1, 0.15) is 11.0 Å². The zero-order chi connectivity index (χ0) is 13.5. The SMILES string of the molecule is CC(C)(O)c1ccc(-n2nc3ccccc3n2)cc1. The van der Waals surface area contributed by atoms with Crippen LogP contribution in [0, 0.1) is 0 Å². The molecule has 4 heteroatoms. The molecule has 1 N–H and O–H groups in total. The van der Waals surface area contributed by atoms with Crippen molar-refractivity contribution in [3.8, 4) is 5.69 Å². The van der Waals surface area contributed by atoms with Crippen molar-refractivity contribution in [2.45, 2.75) is 19.4 Å². The average Bonchev–Trinajstić information content (AvgIpc) is 2.81. The van der Waals surface area contributed by atoms with Crippen LogP contribution in [0.15, 0.2) is 48.5 Å². The molecule has 1 heterocycles. The van der Waals surface area contributed by atoms with E-state index in [9.17, 15) is 5.11 Å². The number of aromatic nitrogens is 3. The lowest BCUT2D eigenvalue weighted by atomic mass is 9.98. The Morgan fingerprint density at radius 3 is 1.89 bits per heavy atom. The summed E-state index contributed by atoms with van der Waals surface area (Å²) in [6.07, 6.45) is 0. The Labute approximate surface area is 111 Å². The van der Waals surface area contributed by atoms with E-state index < -0.39 is 5.60 Å². The smallest absolute Gasteiger partial charge is 0.113 e. The zero-order valence-electron chi connectivity index (χ0n) is 10.9. The first kappa shape index (κ1) is 11.9. The van der Waals surface area contributed by atoms with Crippen LogP contribution in [0.3, 0.4) is 0 Å². The van der Waals surface area contributed by atoms with Crippen molar-refractivity contribution >= 4 is 11.0 Å². The second-order valence-electron chi connectivity index (χ2n) is 5.08. The van der Waals surface area contributed by atoms with Gasteiger partial charge in [0.15, 0.2) is 0 Å². The average molecular weight is 253 g/mol. The van der Waals surface area contributed by atoms with Gasteiger partial charge in [0.2, 0.25) is 0 Å². The number of hydrogen-bond donors (Lipinski definition) is 1. The third-order valence-electron chi connectivity index (χ3n) is 3.09. The molecule has 0 amide bonds.